The summed E-state index contributed by atoms with van der Waals surface area (Å²) in [5, 5.41) is 9.97. The van der Waals surface area contributed by atoms with Crippen LogP contribution in [0.5, 0.6) is 5.75 Å². The maximum atomic E-state index is 13.2. The van der Waals surface area contributed by atoms with Gasteiger partial charge in [0.25, 0.3) is 0 Å². The van der Waals surface area contributed by atoms with Crippen molar-refractivity contribution in [1.29, 1.82) is 0 Å². The van der Waals surface area contributed by atoms with Crippen LogP contribution in [0.1, 0.15) is 11.3 Å². The van der Waals surface area contributed by atoms with Crippen molar-refractivity contribution in [2.24, 2.45) is 0 Å². The number of amides is 1. The fraction of sp³-hybridized carbons (Fsp3) is 0.333. The molecule has 1 amide bonds. The number of nitrogens with zero attached hydrogens (tertiary/aromatic N) is 3. The summed E-state index contributed by atoms with van der Waals surface area (Å²) in [5.74, 6) is -0.0820. The summed E-state index contributed by atoms with van der Waals surface area (Å²) in [5.41, 5.74) is 0.932. The van der Waals surface area contributed by atoms with Crippen molar-refractivity contribution >= 4 is 22.5 Å². The van der Waals surface area contributed by atoms with Crippen molar-refractivity contribution < 1.29 is 27.8 Å². The number of hydrogen-bond acceptors (Lipinski definition) is 5. The summed E-state index contributed by atoms with van der Waals surface area (Å²) in [6.07, 6.45) is -3.97. The molecule has 2 aromatic carbocycles. The van der Waals surface area contributed by atoms with Crippen LogP contribution in [0.2, 0.25) is 0 Å². The van der Waals surface area contributed by atoms with E-state index in [0.29, 0.717) is 31.4 Å². The number of aliphatic hydroxyl groups is 1. The highest BCUT2D eigenvalue weighted by molar-refractivity contribution is 5.96. The Hall–Kier alpha value is -3.33. The second kappa shape index (κ2) is 9.27. The molecule has 4 rings (SSSR count). The van der Waals surface area contributed by atoms with Crippen LogP contribution in [0.25, 0.3) is 10.9 Å². The minimum atomic E-state index is -4.56. The smallest absolute Gasteiger partial charge is 0.433 e. The number of methoxy groups -OCH3 is 1. The van der Waals surface area contributed by atoms with E-state index in [2.05, 4.69) is 4.98 Å². The van der Waals surface area contributed by atoms with Gasteiger partial charge in [0.05, 0.1) is 13.2 Å². The van der Waals surface area contributed by atoms with Crippen molar-refractivity contribution in [3.05, 3.63) is 65.9 Å². The minimum Gasteiger partial charge on any atom is -0.494 e. The van der Waals surface area contributed by atoms with Gasteiger partial charge in [0.2, 0.25) is 5.91 Å². The highest BCUT2D eigenvalue weighted by atomic mass is 19.4. The SMILES string of the molecule is COc1ccc(N2CCN(C(=O)CO)C(Cc3ccccc3)C2)c2ccc(C(F)(F)F)nc12. The number of rotatable bonds is 5. The summed E-state index contributed by atoms with van der Waals surface area (Å²) in [6, 6.07) is 15.3. The molecule has 0 bridgehead atoms. The highest BCUT2D eigenvalue weighted by Crippen LogP contribution is 2.37. The molecule has 0 aliphatic carbocycles. The van der Waals surface area contributed by atoms with Crippen LogP contribution in [0.15, 0.2) is 54.6 Å². The number of ether oxygens (including phenoxy) is 1. The van der Waals surface area contributed by atoms with E-state index in [1.807, 2.05) is 35.2 Å². The second-order valence-electron chi connectivity index (χ2n) is 7.91. The lowest BCUT2D eigenvalue weighted by Gasteiger charge is -2.42. The maximum absolute atomic E-state index is 13.2. The molecule has 1 atom stereocenters. The number of aromatic nitrogens is 1. The van der Waals surface area contributed by atoms with E-state index < -0.39 is 18.5 Å². The molecule has 1 aromatic heterocycles. The predicted molar refractivity (Wildman–Crippen MR) is 118 cm³/mol. The van der Waals surface area contributed by atoms with Crippen molar-refractivity contribution in [2.45, 2.75) is 18.6 Å². The van der Waals surface area contributed by atoms with Crippen molar-refractivity contribution in [3.63, 3.8) is 0 Å². The monoisotopic (exact) mass is 459 g/mol. The van der Waals surface area contributed by atoms with Crippen LogP contribution in [0.4, 0.5) is 18.9 Å². The molecule has 1 aliphatic heterocycles. The Balaban J connectivity index is 1.70. The third-order valence-electron chi connectivity index (χ3n) is 5.90. The number of piperazine rings is 1. The van der Waals surface area contributed by atoms with Gasteiger partial charge in [-0.25, -0.2) is 4.98 Å². The Morgan fingerprint density at radius 2 is 1.88 bits per heavy atom. The van der Waals surface area contributed by atoms with E-state index >= 15 is 0 Å². The zero-order chi connectivity index (χ0) is 23.6. The zero-order valence-electron chi connectivity index (χ0n) is 18.0. The van der Waals surface area contributed by atoms with E-state index in [1.54, 1.807) is 17.0 Å². The average molecular weight is 459 g/mol. The molecule has 174 valence electrons. The van der Waals surface area contributed by atoms with Crippen molar-refractivity contribution in [1.82, 2.24) is 9.88 Å². The summed E-state index contributed by atoms with van der Waals surface area (Å²) < 4.78 is 45.0. The van der Waals surface area contributed by atoms with Gasteiger partial charge in [-0.15, -0.1) is 0 Å². The molecule has 0 saturated carbocycles. The Labute approximate surface area is 189 Å². The maximum Gasteiger partial charge on any atom is 0.433 e. The Kier molecular flexibility index (Phi) is 6.42. The van der Waals surface area contributed by atoms with Crippen LogP contribution in [0, 0.1) is 0 Å². The van der Waals surface area contributed by atoms with Crippen molar-refractivity contribution in [3.8, 4) is 5.75 Å². The summed E-state index contributed by atoms with van der Waals surface area (Å²) in [7, 11) is 1.39. The highest BCUT2D eigenvalue weighted by Gasteiger charge is 2.34. The second-order valence-corrected chi connectivity index (χ2v) is 7.91. The van der Waals surface area contributed by atoms with Gasteiger partial charge < -0.3 is 19.6 Å². The van der Waals surface area contributed by atoms with Gasteiger partial charge in [0, 0.05) is 30.7 Å². The van der Waals surface area contributed by atoms with Gasteiger partial charge in [0.1, 0.15) is 23.6 Å². The third-order valence-corrected chi connectivity index (χ3v) is 5.90. The summed E-state index contributed by atoms with van der Waals surface area (Å²) in [6.45, 7) is 0.752. The number of aliphatic hydroxyl groups excluding tert-OH is 1. The van der Waals surface area contributed by atoms with Gasteiger partial charge in [-0.05, 0) is 36.2 Å². The molecule has 1 aliphatic rings. The van der Waals surface area contributed by atoms with Gasteiger partial charge in [-0.2, -0.15) is 13.2 Å². The quantitative estimate of drug-likeness (QED) is 0.633. The molecule has 1 fully saturated rings. The van der Waals surface area contributed by atoms with Crippen LogP contribution in [-0.4, -0.2) is 60.3 Å². The number of carbonyl (C=O) groups is 1. The van der Waals surface area contributed by atoms with E-state index in [0.717, 1.165) is 17.3 Å². The number of alkyl halides is 3. The van der Waals surface area contributed by atoms with Crippen molar-refractivity contribution in [2.75, 3.05) is 38.3 Å². The summed E-state index contributed by atoms with van der Waals surface area (Å²) >= 11 is 0. The molecule has 0 spiro atoms. The number of benzene rings is 2. The minimum absolute atomic E-state index is 0.137. The van der Waals surface area contributed by atoms with E-state index in [-0.39, 0.29) is 23.2 Å². The molecule has 6 nitrogen and oxygen atoms in total. The molecule has 0 radical (unpaired) electrons. The summed E-state index contributed by atoms with van der Waals surface area (Å²) in [4.78, 5) is 19.9. The first-order valence-electron chi connectivity index (χ1n) is 10.6. The van der Waals surface area contributed by atoms with Gasteiger partial charge >= 0.3 is 6.18 Å². The molecule has 33 heavy (non-hydrogen) atoms. The fourth-order valence-corrected chi connectivity index (χ4v) is 4.33. The number of fused-ring (bicyclic) bond motifs is 1. The molecule has 1 saturated heterocycles. The van der Waals surface area contributed by atoms with Gasteiger partial charge in [0.15, 0.2) is 0 Å². The lowest BCUT2D eigenvalue weighted by Crippen LogP contribution is -2.56. The first-order chi connectivity index (χ1) is 15.8. The normalized spacial score (nSPS) is 16.8. The van der Waals surface area contributed by atoms with Crippen LogP contribution < -0.4 is 9.64 Å². The molecule has 1 N–H and O–H groups in total. The van der Waals surface area contributed by atoms with Crippen LogP contribution >= 0.6 is 0 Å². The van der Waals surface area contributed by atoms with E-state index in [1.165, 1.54) is 13.2 Å². The number of halogens is 3. The molecular weight excluding hydrogens is 435 g/mol. The number of anilines is 1. The first-order valence-corrected chi connectivity index (χ1v) is 10.6. The Morgan fingerprint density at radius 3 is 2.55 bits per heavy atom. The standard InChI is InChI=1S/C24H24F3N3O3/c1-33-20-9-8-19(18-7-10-21(24(25,26)27)28-23(18)20)29-11-12-30(22(32)15-31)17(14-29)13-16-5-3-2-4-6-16/h2-10,17,31H,11-15H2,1H3. The molecular formula is C24H24F3N3O3. The predicted octanol–water partition coefficient (Wildman–Crippen LogP) is 3.51. The van der Waals surface area contributed by atoms with E-state index in [4.69, 9.17) is 4.74 Å². The third kappa shape index (κ3) is 4.73. The van der Waals surface area contributed by atoms with E-state index in [9.17, 15) is 23.1 Å². The Bertz CT molecular complexity index is 1140. The fourth-order valence-electron chi connectivity index (χ4n) is 4.33. The lowest BCUT2D eigenvalue weighted by molar-refractivity contribution is -0.141. The van der Waals surface area contributed by atoms with Crippen LogP contribution in [-0.2, 0) is 17.4 Å². The first kappa shape index (κ1) is 22.8. The Morgan fingerprint density at radius 1 is 1.12 bits per heavy atom. The number of carbonyl (C=O) groups excluding carboxylic acids is 1. The molecule has 1 unspecified atom stereocenters. The van der Waals surface area contributed by atoms with Gasteiger partial charge in [-0.3, -0.25) is 4.79 Å². The molecule has 3 aromatic rings. The largest absolute Gasteiger partial charge is 0.494 e. The lowest BCUT2D eigenvalue weighted by atomic mass is 10.0. The zero-order valence-corrected chi connectivity index (χ0v) is 18.0. The number of hydrogen-bond donors (Lipinski definition) is 1. The van der Waals surface area contributed by atoms with Crippen LogP contribution in [0.3, 0.4) is 0 Å². The molecule has 2 heterocycles. The topological polar surface area (TPSA) is 65.9 Å². The number of pyridine rings is 1. The molecule has 9 heteroatoms. The average Bonchev–Trinajstić information content (AvgIpc) is 2.82. The van der Waals surface area contributed by atoms with Gasteiger partial charge in [-0.1, -0.05) is 30.3 Å².